The van der Waals surface area contributed by atoms with Crippen molar-refractivity contribution in [1.82, 2.24) is 15.5 Å². The molecule has 0 bridgehead atoms. The van der Waals surface area contributed by atoms with Gasteiger partial charge in [0, 0.05) is 12.6 Å². The van der Waals surface area contributed by atoms with Crippen LogP contribution >= 0.6 is 24.8 Å². The molecule has 0 saturated carbocycles. The number of hydrogen-bond acceptors (Lipinski definition) is 3. The van der Waals surface area contributed by atoms with E-state index in [1.165, 1.54) is 6.42 Å². The molecule has 0 aromatic rings. The van der Waals surface area contributed by atoms with E-state index in [-0.39, 0.29) is 36.3 Å². The third-order valence-corrected chi connectivity index (χ3v) is 3.56. The van der Waals surface area contributed by atoms with Crippen LogP contribution in [0.15, 0.2) is 0 Å². The SMILES string of the molecule is CC(CNC(=O)C1(C)CCCCN1)N(C)C.Cl.Cl. The van der Waals surface area contributed by atoms with Crippen LogP contribution in [0.25, 0.3) is 0 Å². The summed E-state index contributed by atoms with van der Waals surface area (Å²) in [5.74, 6) is 0.140. The zero-order valence-corrected chi connectivity index (χ0v) is 13.4. The van der Waals surface area contributed by atoms with E-state index in [9.17, 15) is 4.79 Å². The Morgan fingerprint density at radius 3 is 2.44 bits per heavy atom. The summed E-state index contributed by atoms with van der Waals surface area (Å²) in [6, 6.07) is 0.371. The summed E-state index contributed by atoms with van der Waals surface area (Å²) in [4.78, 5) is 14.2. The molecule has 18 heavy (non-hydrogen) atoms. The Labute approximate surface area is 123 Å². The highest BCUT2D eigenvalue weighted by atomic mass is 35.5. The highest BCUT2D eigenvalue weighted by molar-refractivity contribution is 5.86. The summed E-state index contributed by atoms with van der Waals surface area (Å²) in [6.07, 6.45) is 3.26. The minimum absolute atomic E-state index is 0. The number of hydrogen-bond donors (Lipinski definition) is 2. The third-order valence-electron chi connectivity index (χ3n) is 3.56. The number of amides is 1. The number of nitrogens with zero attached hydrogens (tertiary/aromatic N) is 1. The van der Waals surface area contributed by atoms with Crippen LogP contribution in [0.4, 0.5) is 0 Å². The Hall–Kier alpha value is -0.0300. The zero-order valence-electron chi connectivity index (χ0n) is 11.8. The fourth-order valence-electron chi connectivity index (χ4n) is 1.87. The molecule has 1 heterocycles. The Bertz CT molecular complexity index is 243. The lowest BCUT2D eigenvalue weighted by Crippen LogP contribution is -2.58. The van der Waals surface area contributed by atoms with Gasteiger partial charge in [-0.05, 0) is 53.8 Å². The first-order valence-electron chi connectivity index (χ1n) is 6.15. The van der Waals surface area contributed by atoms with Crippen LogP contribution in [-0.2, 0) is 4.79 Å². The Morgan fingerprint density at radius 2 is 2.00 bits per heavy atom. The monoisotopic (exact) mass is 299 g/mol. The molecule has 110 valence electrons. The quantitative estimate of drug-likeness (QED) is 0.825. The second-order valence-corrected chi connectivity index (χ2v) is 5.24. The molecule has 1 amide bonds. The average molecular weight is 300 g/mol. The van der Waals surface area contributed by atoms with Crippen molar-refractivity contribution in [1.29, 1.82) is 0 Å². The molecule has 1 saturated heterocycles. The van der Waals surface area contributed by atoms with Crippen molar-refractivity contribution in [2.75, 3.05) is 27.2 Å². The summed E-state index contributed by atoms with van der Waals surface area (Å²) in [5.41, 5.74) is -0.357. The largest absolute Gasteiger partial charge is 0.353 e. The normalized spacial score (nSPS) is 24.7. The topological polar surface area (TPSA) is 44.4 Å². The van der Waals surface area contributed by atoms with Crippen LogP contribution in [0.2, 0.25) is 0 Å². The second kappa shape index (κ2) is 8.97. The molecule has 1 aliphatic rings. The van der Waals surface area contributed by atoms with Gasteiger partial charge in [-0.3, -0.25) is 4.79 Å². The van der Waals surface area contributed by atoms with Crippen LogP contribution in [-0.4, -0.2) is 49.6 Å². The van der Waals surface area contributed by atoms with Gasteiger partial charge in [-0.2, -0.15) is 0 Å². The van der Waals surface area contributed by atoms with Gasteiger partial charge in [0.2, 0.25) is 5.91 Å². The van der Waals surface area contributed by atoms with Crippen molar-refractivity contribution in [2.24, 2.45) is 0 Å². The van der Waals surface area contributed by atoms with E-state index in [4.69, 9.17) is 0 Å². The predicted molar refractivity (Wildman–Crippen MR) is 80.9 cm³/mol. The van der Waals surface area contributed by atoms with Crippen LogP contribution in [0, 0.1) is 0 Å². The minimum Gasteiger partial charge on any atom is -0.353 e. The van der Waals surface area contributed by atoms with Gasteiger partial charge in [-0.1, -0.05) is 0 Å². The van der Waals surface area contributed by atoms with Crippen LogP contribution in [0.3, 0.4) is 0 Å². The molecule has 0 radical (unpaired) electrons. The maximum atomic E-state index is 12.1. The maximum Gasteiger partial charge on any atom is 0.240 e. The molecule has 2 N–H and O–H groups in total. The summed E-state index contributed by atoms with van der Waals surface area (Å²) >= 11 is 0. The third kappa shape index (κ3) is 5.74. The summed E-state index contributed by atoms with van der Waals surface area (Å²) in [6.45, 7) is 5.77. The van der Waals surface area contributed by atoms with E-state index < -0.39 is 0 Å². The molecule has 0 aromatic heterocycles. The van der Waals surface area contributed by atoms with Crippen molar-refractivity contribution in [3.63, 3.8) is 0 Å². The van der Waals surface area contributed by atoms with Gasteiger partial charge in [0.1, 0.15) is 0 Å². The van der Waals surface area contributed by atoms with Gasteiger partial charge in [0.05, 0.1) is 5.54 Å². The molecule has 6 heteroatoms. The number of carbonyl (C=O) groups is 1. The van der Waals surface area contributed by atoms with Gasteiger partial charge in [0.25, 0.3) is 0 Å². The smallest absolute Gasteiger partial charge is 0.240 e. The summed E-state index contributed by atoms with van der Waals surface area (Å²) in [7, 11) is 4.05. The molecular formula is C12H27Cl2N3O. The van der Waals surface area contributed by atoms with E-state index in [2.05, 4.69) is 22.5 Å². The molecular weight excluding hydrogens is 273 g/mol. The lowest BCUT2D eigenvalue weighted by Gasteiger charge is -2.34. The number of halogens is 2. The molecule has 0 aromatic carbocycles. The summed E-state index contributed by atoms with van der Waals surface area (Å²) in [5, 5.41) is 6.35. The highest BCUT2D eigenvalue weighted by Crippen LogP contribution is 2.18. The van der Waals surface area contributed by atoms with E-state index >= 15 is 0 Å². The number of piperidine rings is 1. The van der Waals surface area contributed by atoms with Gasteiger partial charge in [-0.15, -0.1) is 24.8 Å². The fraction of sp³-hybridized carbons (Fsp3) is 0.917. The van der Waals surface area contributed by atoms with E-state index in [0.29, 0.717) is 12.6 Å². The Balaban J connectivity index is 0. The fourth-order valence-corrected chi connectivity index (χ4v) is 1.87. The van der Waals surface area contributed by atoms with Crippen LogP contribution < -0.4 is 10.6 Å². The number of nitrogens with one attached hydrogen (secondary N) is 2. The average Bonchev–Trinajstić information content (AvgIpc) is 2.26. The lowest BCUT2D eigenvalue weighted by molar-refractivity contribution is -0.128. The van der Waals surface area contributed by atoms with Gasteiger partial charge >= 0.3 is 0 Å². The first-order valence-corrected chi connectivity index (χ1v) is 6.15. The standard InChI is InChI=1S/C12H25N3O.2ClH/c1-10(15(3)4)9-13-11(16)12(2)7-5-6-8-14-12;;/h10,14H,5-9H2,1-4H3,(H,13,16);2*1H. The predicted octanol–water partition coefficient (Wildman–Crippen LogP) is 1.43. The van der Waals surface area contributed by atoms with Crippen molar-refractivity contribution in [3.8, 4) is 0 Å². The lowest BCUT2D eigenvalue weighted by atomic mass is 9.90. The Morgan fingerprint density at radius 1 is 1.39 bits per heavy atom. The van der Waals surface area contributed by atoms with Gasteiger partial charge < -0.3 is 15.5 Å². The van der Waals surface area contributed by atoms with Crippen molar-refractivity contribution >= 4 is 30.7 Å². The zero-order chi connectivity index (χ0) is 12.2. The van der Waals surface area contributed by atoms with E-state index in [1.54, 1.807) is 0 Å². The minimum atomic E-state index is -0.357. The molecule has 0 spiro atoms. The number of likely N-dealkylation sites (N-methyl/N-ethyl adjacent to an activating group) is 1. The van der Waals surface area contributed by atoms with Crippen molar-refractivity contribution in [3.05, 3.63) is 0 Å². The second-order valence-electron chi connectivity index (χ2n) is 5.24. The van der Waals surface area contributed by atoms with Crippen LogP contribution in [0.1, 0.15) is 33.1 Å². The molecule has 2 unspecified atom stereocenters. The van der Waals surface area contributed by atoms with Crippen LogP contribution in [0.5, 0.6) is 0 Å². The van der Waals surface area contributed by atoms with Crippen molar-refractivity contribution in [2.45, 2.75) is 44.7 Å². The number of carbonyl (C=O) groups excluding carboxylic acids is 1. The molecule has 0 aliphatic carbocycles. The first kappa shape index (κ1) is 20.3. The van der Waals surface area contributed by atoms with Gasteiger partial charge in [0.15, 0.2) is 0 Å². The molecule has 1 fully saturated rings. The number of rotatable bonds is 4. The van der Waals surface area contributed by atoms with Gasteiger partial charge in [-0.25, -0.2) is 0 Å². The summed E-state index contributed by atoms with van der Waals surface area (Å²) < 4.78 is 0. The van der Waals surface area contributed by atoms with Crippen molar-refractivity contribution < 1.29 is 4.79 Å². The molecule has 4 nitrogen and oxygen atoms in total. The van der Waals surface area contributed by atoms with E-state index in [0.717, 1.165) is 19.4 Å². The van der Waals surface area contributed by atoms with E-state index in [1.807, 2.05) is 21.0 Å². The molecule has 1 aliphatic heterocycles. The maximum absolute atomic E-state index is 12.1. The molecule has 2 atom stereocenters. The Kier molecular flexibility index (Phi) is 10.1. The molecule has 1 rings (SSSR count). The first-order chi connectivity index (χ1) is 7.46. The highest BCUT2D eigenvalue weighted by Gasteiger charge is 2.33.